The number of methoxy groups -OCH3 is 1. The molecule has 4 rings (SSSR count). The van der Waals surface area contributed by atoms with Crippen LogP contribution in [-0.2, 0) is 6.54 Å². The van der Waals surface area contributed by atoms with Gasteiger partial charge in [-0.3, -0.25) is 4.79 Å². The summed E-state index contributed by atoms with van der Waals surface area (Å²) in [6.45, 7) is 2.40. The average molecular weight is 386 g/mol. The minimum absolute atomic E-state index is 0.196. The third kappa shape index (κ3) is 3.78. The molecule has 6 nitrogen and oxygen atoms in total. The standard InChI is InChI=1S/C23H22N4O2/c1-17-9-11-19(12-10-17)27-23(26-13-5-6-14-26)20(16-25-27)22(28)24-15-18-7-3-4-8-21(18)29-2/h3-14,16H,15H2,1-2H3,(H,24,28). The number of benzene rings is 2. The lowest BCUT2D eigenvalue weighted by Crippen LogP contribution is -2.24. The monoisotopic (exact) mass is 386 g/mol. The fraction of sp³-hybridized carbons (Fsp3) is 0.130. The highest BCUT2D eigenvalue weighted by Gasteiger charge is 2.20. The van der Waals surface area contributed by atoms with Gasteiger partial charge in [0.2, 0.25) is 0 Å². The van der Waals surface area contributed by atoms with Crippen molar-refractivity contribution in [3.05, 3.63) is 95.9 Å². The Hall–Kier alpha value is -3.80. The average Bonchev–Trinajstić information content (AvgIpc) is 3.42. The Morgan fingerprint density at radius 1 is 1.03 bits per heavy atom. The molecule has 0 saturated heterocycles. The second-order valence-corrected chi connectivity index (χ2v) is 6.71. The molecule has 2 aromatic carbocycles. The number of aromatic nitrogens is 3. The van der Waals surface area contributed by atoms with E-state index < -0.39 is 0 Å². The van der Waals surface area contributed by atoms with Crippen LogP contribution in [0.4, 0.5) is 0 Å². The van der Waals surface area contributed by atoms with E-state index in [4.69, 9.17) is 4.74 Å². The molecule has 1 amide bonds. The molecular formula is C23H22N4O2. The van der Waals surface area contributed by atoms with Crippen molar-refractivity contribution in [2.24, 2.45) is 0 Å². The molecule has 2 aromatic heterocycles. The Kier molecular flexibility index (Phi) is 5.16. The van der Waals surface area contributed by atoms with Gasteiger partial charge < -0.3 is 14.6 Å². The van der Waals surface area contributed by atoms with Gasteiger partial charge in [0.1, 0.15) is 11.3 Å². The summed E-state index contributed by atoms with van der Waals surface area (Å²) in [7, 11) is 1.62. The number of aryl methyl sites for hydroxylation is 1. The molecule has 6 heteroatoms. The lowest BCUT2D eigenvalue weighted by Gasteiger charge is -2.12. The second-order valence-electron chi connectivity index (χ2n) is 6.71. The number of hydrogen-bond acceptors (Lipinski definition) is 3. The van der Waals surface area contributed by atoms with E-state index in [0.29, 0.717) is 17.9 Å². The highest BCUT2D eigenvalue weighted by molar-refractivity contribution is 5.97. The normalized spacial score (nSPS) is 10.7. The van der Waals surface area contributed by atoms with Crippen molar-refractivity contribution < 1.29 is 9.53 Å². The highest BCUT2D eigenvalue weighted by Crippen LogP contribution is 2.21. The van der Waals surface area contributed by atoms with Crippen LogP contribution in [0.2, 0.25) is 0 Å². The maximum Gasteiger partial charge on any atom is 0.256 e. The number of ether oxygens (including phenoxy) is 1. The molecular weight excluding hydrogens is 364 g/mol. The van der Waals surface area contributed by atoms with E-state index in [1.807, 2.05) is 84.5 Å². The minimum Gasteiger partial charge on any atom is -0.496 e. The van der Waals surface area contributed by atoms with Gasteiger partial charge in [0.15, 0.2) is 5.82 Å². The van der Waals surface area contributed by atoms with Crippen LogP contribution in [0, 0.1) is 6.92 Å². The summed E-state index contributed by atoms with van der Waals surface area (Å²) in [4.78, 5) is 13.0. The smallest absolute Gasteiger partial charge is 0.256 e. The van der Waals surface area contributed by atoms with Gasteiger partial charge in [-0.25, -0.2) is 4.68 Å². The zero-order chi connectivity index (χ0) is 20.2. The van der Waals surface area contributed by atoms with Gasteiger partial charge in [-0.1, -0.05) is 35.9 Å². The van der Waals surface area contributed by atoms with Crippen molar-refractivity contribution in [3.8, 4) is 17.3 Å². The Morgan fingerprint density at radius 2 is 1.76 bits per heavy atom. The van der Waals surface area contributed by atoms with Gasteiger partial charge in [0.25, 0.3) is 5.91 Å². The first-order valence-corrected chi connectivity index (χ1v) is 9.36. The topological polar surface area (TPSA) is 61.1 Å². The number of carbonyl (C=O) groups is 1. The molecule has 146 valence electrons. The van der Waals surface area contributed by atoms with E-state index in [1.54, 1.807) is 18.0 Å². The predicted molar refractivity (Wildman–Crippen MR) is 112 cm³/mol. The summed E-state index contributed by atoms with van der Waals surface area (Å²) in [5, 5.41) is 7.47. The number of rotatable bonds is 6. The van der Waals surface area contributed by atoms with Crippen molar-refractivity contribution in [2.45, 2.75) is 13.5 Å². The van der Waals surface area contributed by atoms with E-state index in [-0.39, 0.29) is 5.91 Å². The molecule has 0 fully saturated rings. The molecule has 0 radical (unpaired) electrons. The first kappa shape index (κ1) is 18.6. The molecule has 0 bridgehead atoms. The van der Waals surface area contributed by atoms with Crippen molar-refractivity contribution in [1.82, 2.24) is 19.7 Å². The largest absolute Gasteiger partial charge is 0.496 e. The van der Waals surface area contributed by atoms with Crippen molar-refractivity contribution in [1.29, 1.82) is 0 Å². The first-order chi connectivity index (χ1) is 14.2. The Balaban J connectivity index is 1.66. The quantitative estimate of drug-likeness (QED) is 0.547. The molecule has 0 atom stereocenters. The first-order valence-electron chi connectivity index (χ1n) is 9.36. The molecule has 2 heterocycles. The molecule has 0 saturated carbocycles. The molecule has 0 aliphatic rings. The molecule has 0 aliphatic heterocycles. The number of carbonyl (C=O) groups excluding carboxylic acids is 1. The molecule has 0 spiro atoms. The van der Waals surface area contributed by atoms with Crippen LogP contribution in [0.5, 0.6) is 5.75 Å². The maximum atomic E-state index is 13.0. The van der Waals surface area contributed by atoms with Gasteiger partial charge in [-0.05, 0) is 37.3 Å². The minimum atomic E-state index is -0.196. The van der Waals surface area contributed by atoms with Crippen LogP contribution in [-0.4, -0.2) is 27.4 Å². The van der Waals surface area contributed by atoms with Gasteiger partial charge >= 0.3 is 0 Å². The fourth-order valence-corrected chi connectivity index (χ4v) is 3.22. The highest BCUT2D eigenvalue weighted by atomic mass is 16.5. The van der Waals surface area contributed by atoms with Gasteiger partial charge in [-0.15, -0.1) is 0 Å². The lowest BCUT2D eigenvalue weighted by atomic mass is 10.2. The number of para-hydroxylation sites is 1. The zero-order valence-corrected chi connectivity index (χ0v) is 16.4. The number of amides is 1. The molecule has 1 N–H and O–H groups in total. The summed E-state index contributed by atoms with van der Waals surface area (Å²) < 4.78 is 9.03. The summed E-state index contributed by atoms with van der Waals surface area (Å²) in [5.74, 6) is 1.24. The summed E-state index contributed by atoms with van der Waals surface area (Å²) >= 11 is 0. The maximum absolute atomic E-state index is 13.0. The molecule has 0 unspecified atom stereocenters. The van der Waals surface area contributed by atoms with E-state index in [1.165, 1.54) is 0 Å². The van der Waals surface area contributed by atoms with Gasteiger partial charge in [0, 0.05) is 24.5 Å². The SMILES string of the molecule is COc1ccccc1CNC(=O)c1cnn(-c2ccc(C)cc2)c1-n1cccc1. The third-order valence-electron chi connectivity index (χ3n) is 4.75. The van der Waals surface area contributed by atoms with Crippen LogP contribution in [0.1, 0.15) is 21.5 Å². The van der Waals surface area contributed by atoms with Crippen LogP contribution >= 0.6 is 0 Å². The Morgan fingerprint density at radius 3 is 2.48 bits per heavy atom. The fourth-order valence-electron chi connectivity index (χ4n) is 3.22. The van der Waals surface area contributed by atoms with E-state index in [0.717, 1.165) is 22.6 Å². The lowest BCUT2D eigenvalue weighted by molar-refractivity contribution is 0.0950. The molecule has 29 heavy (non-hydrogen) atoms. The van der Waals surface area contributed by atoms with E-state index >= 15 is 0 Å². The van der Waals surface area contributed by atoms with E-state index in [9.17, 15) is 4.79 Å². The third-order valence-corrected chi connectivity index (χ3v) is 4.75. The zero-order valence-electron chi connectivity index (χ0n) is 16.4. The Bertz CT molecular complexity index is 1110. The van der Waals surface area contributed by atoms with Gasteiger partial charge in [-0.2, -0.15) is 5.10 Å². The summed E-state index contributed by atoms with van der Waals surface area (Å²) in [5.41, 5.74) is 3.47. The molecule has 4 aromatic rings. The van der Waals surface area contributed by atoms with Crippen molar-refractivity contribution in [2.75, 3.05) is 7.11 Å². The van der Waals surface area contributed by atoms with Crippen LogP contribution in [0.3, 0.4) is 0 Å². The molecule has 0 aliphatic carbocycles. The summed E-state index contributed by atoms with van der Waals surface area (Å²) in [6.07, 6.45) is 5.41. The van der Waals surface area contributed by atoms with Crippen molar-refractivity contribution >= 4 is 5.91 Å². The van der Waals surface area contributed by atoms with Crippen LogP contribution < -0.4 is 10.1 Å². The van der Waals surface area contributed by atoms with Crippen molar-refractivity contribution in [3.63, 3.8) is 0 Å². The van der Waals surface area contributed by atoms with E-state index in [2.05, 4.69) is 10.4 Å². The number of nitrogens with zero attached hydrogens (tertiary/aromatic N) is 3. The second kappa shape index (κ2) is 8.06. The number of hydrogen-bond donors (Lipinski definition) is 1. The van der Waals surface area contributed by atoms with Crippen LogP contribution in [0.25, 0.3) is 11.5 Å². The van der Waals surface area contributed by atoms with Gasteiger partial charge in [0.05, 0.1) is 19.0 Å². The number of nitrogens with one attached hydrogen (secondary N) is 1. The Labute approximate surface area is 169 Å². The van der Waals surface area contributed by atoms with Crippen LogP contribution in [0.15, 0.2) is 79.3 Å². The summed E-state index contributed by atoms with van der Waals surface area (Å²) in [6, 6.07) is 19.5. The predicted octanol–water partition coefficient (Wildman–Crippen LogP) is 3.91.